The normalized spacial score (nSPS) is 17.3. The number of ether oxygens (including phenoxy) is 1. The molecule has 138 valence electrons. The first kappa shape index (κ1) is 16.8. The van der Waals surface area contributed by atoms with Crippen LogP contribution in [0.1, 0.15) is 23.5 Å². The molecular formula is C16H22N8O2. The van der Waals surface area contributed by atoms with E-state index in [1.807, 2.05) is 11.8 Å². The summed E-state index contributed by atoms with van der Waals surface area (Å²) in [5, 5.41) is 11.3. The average molecular weight is 358 g/mol. The molecule has 2 aliphatic rings. The van der Waals surface area contributed by atoms with Crippen LogP contribution in [-0.4, -0.2) is 73.8 Å². The molecule has 0 unspecified atom stereocenters. The summed E-state index contributed by atoms with van der Waals surface area (Å²) < 4.78 is 7.07. The van der Waals surface area contributed by atoms with Crippen molar-refractivity contribution in [1.82, 2.24) is 35.1 Å². The number of aryl methyl sites for hydroxylation is 2. The SMILES string of the molecule is Cc1nnnn1CCC(=O)N1CCc2c(ncnc2N2CCOCC2)C1. The summed E-state index contributed by atoms with van der Waals surface area (Å²) >= 11 is 0. The summed E-state index contributed by atoms with van der Waals surface area (Å²) in [5.74, 6) is 1.80. The van der Waals surface area contributed by atoms with Gasteiger partial charge in [-0.3, -0.25) is 4.79 Å². The van der Waals surface area contributed by atoms with E-state index in [1.54, 1.807) is 11.0 Å². The molecule has 2 aromatic heterocycles. The van der Waals surface area contributed by atoms with Crippen LogP contribution in [0.4, 0.5) is 5.82 Å². The third-order valence-electron chi connectivity index (χ3n) is 4.90. The molecule has 0 spiro atoms. The predicted octanol–water partition coefficient (Wildman–Crippen LogP) is -0.417. The van der Waals surface area contributed by atoms with E-state index in [0.717, 1.165) is 49.8 Å². The number of rotatable bonds is 4. The summed E-state index contributed by atoms with van der Waals surface area (Å²) in [6, 6.07) is 0. The van der Waals surface area contributed by atoms with Crippen LogP contribution in [0.3, 0.4) is 0 Å². The maximum Gasteiger partial charge on any atom is 0.224 e. The van der Waals surface area contributed by atoms with Crippen molar-refractivity contribution in [2.24, 2.45) is 0 Å². The highest BCUT2D eigenvalue weighted by molar-refractivity contribution is 5.76. The smallest absolute Gasteiger partial charge is 0.224 e. The molecular weight excluding hydrogens is 336 g/mol. The van der Waals surface area contributed by atoms with Crippen LogP contribution in [0.5, 0.6) is 0 Å². The molecule has 4 rings (SSSR count). The van der Waals surface area contributed by atoms with Gasteiger partial charge in [0.15, 0.2) is 0 Å². The second kappa shape index (κ2) is 7.32. The van der Waals surface area contributed by atoms with Crippen molar-refractivity contribution < 1.29 is 9.53 Å². The molecule has 2 aliphatic heterocycles. The van der Waals surface area contributed by atoms with Crippen LogP contribution in [0.15, 0.2) is 6.33 Å². The highest BCUT2D eigenvalue weighted by atomic mass is 16.5. The van der Waals surface area contributed by atoms with E-state index in [1.165, 1.54) is 0 Å². The van der Waals surface area contributed by atoms with Crippen LogP contribution < -0.4 is 4.90 Å². The number of carbonyl (C=O) groups is 1. The van der Waals surface area contributed by atoms with Crippen LogP contribution >= 0.6 is 0 Å². The second-order valence-corrected chi connectivity index (χ2v) is 6.49. The van der Waals surface area contributed by atoms with Crippen LogP contribution in [0.2, 0.25) is 0 Å². The number of anilines is 1. The monoisotopic (exact) mass is 358 g/mol. The zero-order chi connectivity index (χ0) is 17.9. The van der Waals surface area contributed by atoms with Gasteiger partial charge < -0.3 is 14.5 Å². The highest BCUT2D eigenvalue weighted by Gasteiger charge is 2.26. The molecule has 0 atom stereocenters. The van der Waals surface area contributed by atoms with Crippen LogP contribution in [0.25, 0.3) is 0 Å². The number of amides is 1. The van der Waals surface area contributed by atoms with E-state index in [-0.39, 0.29) is 5.91 Å². The third kappa shape index (κ3) is 3.36. The number of hydrogen-bond donors (Lipinski definition) is 0. The Labute approximate surface area is 151 Å². The first-order valence-corrected chi connectivity index (χ1v) is 8.88. The molecule has 2 aromatic rings. The number of morpholine rings is 1. The molecule has 0 saturated carbocycles. The van der Waals surface area contributed by atoms with Crippen molar-refractivity contribution in [1.29, 1.82) is 0 Å². The molecule has 0 radical (unpaired) electrons. The fourth-order valence-electron chi connectivity index (χ4n) is 3.41. The maximum atomic E-state index is 12.6. The summed E-state index contributed by atoms with van der Waals surface area (Å²) in [5.41, 5.74) is 2.11. The van der Waals surface area contributed by atoms with Gasteiger partial charge in [0.2, 0.25) is 5.91 Å². The summed E-state index contributed by atoms with van der Waals surface area (Å²) in [4.78, 5) is 25.6. The Bertz CT molecular complexity index is 786. The Kier molecular flexibility index (Phi) is 4.74. The van der Waals surface area contributed by atoms with Crippen LogP contribution in [-0.2, 0) is 29.0 Å². The molecule has 0 bridgehead atoms. The van der Waals surface area contributed by atoms with Gasteiger partial charge in [0.1, 0.15) is 18.0 Å². The molecule has 1 amide bonds. The topological polar surface area (TPSA) is 102 Å². The number of fused-ring (bicyclic) bond motifs is 1. The van der Waals surface area contributed by atoms with Gasteiger partial charge in [0, 0.05) is 31.6 Å². The van der Waals surface area contributed by atoms with E-state index >= 15 is 0 Å². The van der Waals surface area contributed by atoms with Gasteiger partial charge in [-0.25, -0.2) is 14.6 Å². The van der Waals surface area contributed by atoms with Crippen molar-refractivity contribution in [3.8, 4) is 0 Å². The predicted molar refractivity (Wildman–Crippen MR) is 91.4 cm³/mol. The molecule has 26 heavy (non-hydrogen) atoms. The van der Waals surface area contributed by atoms with E-state index in [9.17, 15) is 4.79 Å². The number of aromatic nitrogens is 6. The van der Waals surface area contributed by atoms with Crippen LogP contribution in [0, 0.1) is 6.92 Å². The Morgan fingerprint density at radius 1 is 1.23 bits per heavy atom. The van der Waals surface area contributed by atoms with Crippen molar-refractivity contribution in [2.75, 3.05) is 37.7 Å². The molecule has 0 aliphatic carbocycles. The minimum atomic E-state index is 0.0945. The van der Waals surface area contributed by atoms with Gasteiger partial charge >= 0.3 is 0 Å². The fraction of sp³-hybridized carbons (Fsp3) is 0.625. The second-order valence-electron chi connectivity index (χ2n) is 6.49. The summed E-state index contributed by atoms with van der Waals surface area (Å²) in [6.07, 6.45) is 2.75. The summed E-state index contributed by atoms with van der Waals surface area (Å²) in [7, 11) is 0. The van der Waals surface area contributed by atoms with Crippen molar-refractivity contribution in [3.05, 3.63) is 23.4 Å². The quantitative estimate of drug-likeness (QED) is 0.726. The van der Waals surface area contributed by atoms with Gasteiger partial charge in [-0.2, -0.15) is 0 Å². The lowest BCUT2D eigenvalue weighted by atomic mass is 10.0. The van der Waals surface area contributed by atoms with Gasteiger partial charge in [0.05, 0.1) is 32.0 Å². The Morgan fingerprint density at radius 2 is 2.08 bits per heavy atom. The number of tetrazole rings is 1. The van der Waals surface area contributed by atoms with Crippen molar-refractivity contribution in [3.63, 3.8) is 0 Å². The number of nitrogens with zero attached hydrogens (tertiary/aromatic N) is 8. The van der Waals surface area contributed by atoms with Gasteiger partial charge in [-0.1, -0.05) is 0 Å². The first-order valence-electron chi connectivity index (χ1n) is 8.88. The number of hydrogen-bond acceptors (Lipinski definition) is 8. The molecule has 10 nitrogen and oxygen atoms in total. The third-order valence-corrected chi connectivity index (χ3v) is 4.90. The zero-order valence-electron chi connectivity index (χ0n) is 14.8. The largest absolute Gasteiger partial charge is 0.378 e. The minimum absolute atomic E-state index is 0.0945. The molecule has 10 heteroatoms. The molecule has 4 heterocycles. The van der Waals surface area contributed by atoms with E-state index < -0.39 is 0 Å². The van der Waals surface area contributed by atoms with E-state index in [2.05, 4.69) is 30.4 Å². The molecule has 0 N–H and O–H groups in total. The minimum Gasteiger partial charge on any atom is -0.378 e. The fourth-order valence-corrected chi connectivity index (χ4v) is 3.41. The summed E-state index contributed by atoms with van der Waals surface area (Å²) in [6.45, 7) is 6.66. The first-order chi connectivity index (χ1) is 12.7. The van der Waals surface area contributed by atoms with Gasteiger partial charge in [-0.05, 0) is 23.8 Å². The lowest BCUT2D eigenvalue weighted by Crippen LogP contribution is -2.40. The Morgan fingerprint density at radius 3 is 2.85 bits per heavy atom. The van der Waals surface area contributed by atoms with Gasteiger partial charge in [0.25, 0.3) is 0 Å². The van der Waals surface area contributed by atoms with E-state index in [4.69, 9.17) is 4.74 Å². The molecule has 0 aromatic carbocycles. The number of carbonyl (C=O) groups excluding carboxylic acids is 1. The van der Waals surface area contributed by atoms with Gasteiger partial charge in [-0.15, -0.1) is 5.10 Å². The Balaban J connectivity index is 1.42. The lowest BCUT2D eigenvalue weighted by molar-refractivity contribution is -0.132. The molecule has 1 saturated heterocycles. The van der Waals surface area contributed by atoms with Crippen molar-refractivity contribution >= 4 is 11.7 Å². The van der Waals surface area contributed by atoms with Crippen molar-refractivity contribution in [2.45, 2.75) is 32.9 Å². The van der Waals surface area contributed by atoms with E-state index in [0.29, 0.717) is 31.9 Å². The maximum absolute atomic E-state index is 12.6. The molecule has 1 fully saturated rings. The lowest BCUT2D eigenvalue weighted by Gasteiger charge is -2.33. The highest BCUT2D eigenvalue weighted by Crippen LogP contribution is 2.26. The average Bonchev–Trinajstić information content (AvgIpc) is 3.10. The zero-order valence-corrected chi connectivity index (χ0v) is 14.8. The Hall–Kier alpha value is -2.62. The standard InChI is InChI=1S/C16H22N8O2/c1-12-19-20-21-24(12)5-3-15(25)23-4-2-13-14(10-23)17-11-18-16(13)22-6-8-26-9-7-22/h11H,2-10H2,1H3.